The lowest BCUT2D eigenvalue weighted by atomic mass is 10.3. The summed E-state index contributed by atoms with van der Waals surface area (Å²) >= 11 is 0. The summed E-state index contributed by atoms with van der Waals surface area (Å²) in [6, 6.07) is 5.38. The van der Waals surface area contributed by atoms with Crippen molar-refractivity contribution in [3.8, 4) is 5.75 Å². The molecule has 0 N–H and O–H groups in total. The number of hydrogen-bond acceptors (Lipinski definition) is 5. The molecule has 0 amide bonds. The number of methoxy groups -OCH3 is 1. The molecule has 0 aliphatic carbocycles. The molecule has 0 radical (unpaired) electrons. The van der Waals surface area contributed by atoms with Gasteiger partial charge in [-0.2, -0.15) is 8.42 Å². The van der Waals surface area contributed by atoms with Crippen molar-refractivity contribution >= 4 is 10.1 Å². The summed E-state index contributed by atoms with van der Waals surface area (Å²) in [5, 5.41) is 0. The first kappa shape index (κ1) is 14.9. The fourth-order valence-electron chi connectivity index (χ4n) is 1.21. The van der Waals surface area contributed by atoms with Crippen LogP contribution in [0.15, 0.2) is 24.3 Å². The van der Waals surface area contributed by atoms with E-state index in [0.717, 1.165) is 6.26 Å². The first-order chi connectivity index (χ1) is 8.40. The van der Waals surface area contributed by atoms with Gasteiger partial charge in [0, 0.05) is 7.11 Å². The van der Waals surface area contributed by atoms with Crippen LogP contribution in [-0.2, 0) is 19.0 Å². The van der Waals surface area contributed by atoms with E-state index in [0.29, 0.717) is 5.75 Å². The summed E-state index contributed by atoms with van der Waals surface area (Å²) in [5.41, 5.74) is 0. The van der Waals surface area contributed by atoms with Crippen LogP contribution in [0.3, 0.4) is 0 Å². The lowest BCUT2D eigenvalue weighted by Gasteiger charge is -2.17. The van der Waals surface area contributed by atoms with E-state index in [1.165, 1.54) is 31.4 Å². The van der Waals surface area contributed by atoms with E-state index >= 15 is 0 Å². The van der Waals surface area contributed by atoms with Crippen LogP contribution in [-0.4, -0.2) is 41.1 Å². The van der Waals surface area contributed by atoms with E-state index in [4.69, 9.17) is 9.47 Å². The Bertz CT molecular complexity index is 457. The first-order valence-electron chi connectivity index (χ1n) is 5.16. The molecule has 5 nitrogen and oxygen atoms in total. The van der Waals surface area contributed by atoms with Gasteiger partial charge in [-0.1, -0.05) is 0 Å². The molecule has 0 saturated heterocycles. The van der Waals surface area contributed by atoms with Crippen molar-refractivity contribution in [1.29, 1.82) is 0 Å². The second-order valence-corrected chi connectivity index (χ2v) is 5.28. The second-order valence-electron chi connectivity index (χ2n) is 3.64. The zero-order valence-corrected chi connectivity index (χ0v) is 10.9. The lowest BCUT2D eigenvalue weighted by molar-refractivity contribution is 0.0504. The Hall–Kier alpha value is -1.18. The van der Waals surface area contributed by atoms with Crippen LogP contribution in [0.1, 0.15) is 0 Å². The van der Waals surface area contributed by atoms with Crippen LogP contribution < -0.4 is 4.74 Å². The maximum absolute atomic E-state index is 12.7. The minimum Gasteiger partial charge on any atom is -0.486 e. The molecule has 1 unspecified atom stereocenters. The number of hydrogen-bond donors (Lipinski definition) is 0. The molecule has 0 saturated carbocycles. The minimum atomic E-state index is -3.53. The molecule has 0 bridgehead atoms. The van der Waals surface area contributed by atoms with Gasteiger partial charge >= 0.3 is 0 Å². The van der Waals surface area contributed by atoms with Crippen LogP contribution in [0, 0.1) is 5.82 Å². The van der Waals surface area contributed by atoms with Crippen molar-refractivity contribution in [3.63, 3.8) is 0 Å². The molecule has 1 atom stereocenters. The Kier molecular flexibility index (Phi) is 5.52. The average molecular weight is 278 g/mol. The molecule has 1 aromatic carbocycles. The van der Waals surface area contributed by atoms with Crippen LogP contribution >= 0.6 is 0 Å². The molecular weight excluding hydrogens is 263 g/mol. The summed E-state index contributed by atoms with van der Waals surface area (Å²) in [5.74, 6) is 0.0357. The zero-order valence-electron chi connectivity index (χ0n) is 10.1. The molecule has 1 aromatic rings. The van der Waals surface area contributed by atoms with Gasteiger partial charge in [0.1, 0.15) is 24.3 Å². The van der Waals surface area contributed by atoms with Crippen LogP contribution in [0.5, 0.6) is 5.75 Å². The van der Waals surface area contributed by atoms with Gasteiger partial charge in [-0.15, -0.1) is 0 Å². The summed E-state index contributed by atoms with van der Waals surface area (Å²) in [6.45, 7) is -0.00303. The molecule has 0 heterocycles. The monoisotopic (exact) mass is 278 g/mol. The van der Waals surface area contributed by atoms with E-state index in [2.05, 4.69) is 4.18 Å². The van der Waals surface area contributed by atoms with E-state index in [1.807, 2.05) is 0 Å². The second kappa shape index (κ2) is 6.67. The normalized spacial score (nSPS) is 13.3. The van der Waals surface area contributed by atoms with Gasteiger partial charge in [-0.05, 0) is 24.3 Å². The predicted molar refractivity (Wildman–Crippen MR) is 63.5 cm³/mol. The standard InChI is InChI=1S/C11H15FO5S/c1-15-7-11(8-16-18(2,13)14)17-10-5-3-9(12)4-6-10/h3-6,11H,7-8H2,1-2H3. The van der Waals surface area contributed by atoms with Crippen molar-refractivity contribution in [2.75, 3.05) is 26.6 Å². The lowest BCUT2D eigenvalue weighted by Crippen LogP contribution is -2.29. The van der Waals surface area contributed by atoms with Gasteiger partial charge < -0.3 is 9.47 Å². The van der Waals surface area contributed by atoms with Crippen LogP contribution in [0.25, 0.3) is 0 Å². The van der Waals surface area contributed by atoms with Crippen molar-refractivity contribution in [1.82, 2.24) is 0 Å². The molecule has 1 rings (SSSR count). The molecule has 18 heavy (non-hydrogen) atoms. The molecule has 102 valence electrons. The molecule has 0 fully saturated rings. The number of ether oxygens (including phenoxy) is 2. The Labute approximate surface area is 106 Å². The van der Waals surface area contributed by atoms with E-state index < -0.39 is 16.2 Å². The fraction of sp³-hybridized carbons (Fsp3) is 0.455. The zero-order chi connectivity index (χ0) is 13.6. The average Bonchev–Trinajstić information content (AvgIpc) is 2.28. The Morgan fingerprint density at radius 1 is 1.22 bits per heavy atom. The topological polar surface area (TPSA) is 61.8 Å². The Morgan fingerprint density at radius 3 is 2.33 bits per heavy atom. The van der Waals surface area contributed by atoms with Gasteiger partial charge in [0.05, 0.1) is 12.9 Å². The smallest absolute Gasteiger partial charge is 0.264 e. The highest BCUT2D eigenvalue weighted by atomic mass is 32.2. The maximum Gasteiger partial charge on any atom is 0.264 e. The number of rotatable bonds is 7. The highest BCUT2D eigenvalue weighted by molar-refractivity contribution is 7.85. The molecular formula is C11H15FO5S. The summed E-state index contributed by atoms with van der Waals surface area (Å²) in [7, 11) is -2.07. The summed E-state index contributed by atoms with van der Waals surface area (Å²) in [6.07, 6.45) is 0.365. The summed E-state index contributed by atoms with van der Waals surface area (Å²) < 4.78 is 49.4. The molecule has 0 aliphatic heterocycles. The van der Waals surface area contributed by atoms with Crippen molar-refractivity contribution in [3.05, 3.63) is 30.1 Å². The van der Waals surface area contributed by atoms with Crippen molar-refractivity contribution in [2.45, 2.75) is 6.10 Å². The van der Waals surface area contributed by atoms with E-state index in [9.17, 15) is 12.8 Å². The minimum absolute atomic E-state index is 0.160. The maximum atomic E-state index is 12.7. The van der Waals surface area contributed by atoms with Gasteiger partial charge in [0.25, 0.3) is 10.1 Å². The number of benzene rings is 1. The fourth-order valence-corrected chi connectivity index (χ4v) is 1.61. The van der Waals surface area contributed by atoms with Gasteiger partial charge in [0.2, 0.25) is 0 Å². The van der Waals surface area contributed by atoms with Crippen molar-refractivity contribution < 1.29 is 26.5 Å². The predicted octanol–water partition coefficient (Wildman–Crippen LogP) is 1.20. The third-order valence-corrected chi connectivity index (χ3v) is 2.50. The third-order valence-electron chi connectivity index (χ3n) is 1.94. The Balaban J connectivity index is 2.59. The molecule has 0 spiro atoms. The van der Waals surface area contributed by atoms with Crippen molar-refractivity contribution in [2.24, 2.45) is 0 Å². The molecule has 0 aliphatic rings. The quantitative estimate of drug-likeness (QED) is 0.701. The molecule has 7 heteroatoms. The van der Waals surface area contributed by atoms with Gasteiger partial charge in [-0.25, -0.2) is 4.39 Å². The third kappa shape index (κ3) is 5.95. The van der Waals surface area contributed by atoms with E-state index in [1.54, 1.807) is 0 Å². The Morgan fingerprint density at radius 2 is 1.83 bits per heavy atom. The number of halogens is 1. The highest BCUT2D eigenvalue weighted by Crippen LogP contribution is 2.13. The first-order valence-corrected chi connectivity index (χ1v) is 6.98. The van der Waals surface area contributed by atoms with Crippen LogP contribution in [0.2, 0.25) is 0 Å². The van der Waals surface area contributed by atoms with E-state index in [-0.39, 0.29) is 19.0 Å². The SMILES string of the molecule is COCC(COS(C)(=O)=O)Oc1ccc(F)cc1. The largest absolute Gasteiger partial charge is 0.486 e. The summed E-state index contributed by atoms with van der Waals surface area (Å²) in [4.78, 5) is 0. The van der Waals surface area contributed by atoms with Crippen LogP contribution in [0.4, 0.5) is 4.39 Å². The van der Waals surface area contributed by atoms with Gasteiger partial charge in [-0.3, -0.25) is 4.18 Å². The molecule has 0 aromatic heterocycles. The highest BCUT2D eigenvalue weighted by Gasteiger charge is 2.14. The van der Waals surface area contributed by atoms with Gasteiger partial charge in [0.15, 0.2) is 0 Å².